The van der Waals surface area contributed by atoms with Gasteiger partial charge in [-0.2, -0.15) is 0 Å². The van der Waals surface area contributed by atoms with E-state index in [0.717, 1.165) is 38.9 Å². The van der Waals surface area contributed by atoms with Crippen LogP contribution in [0.1, 0.15) is 84.5 Å². The third kappa shape index (κ3) is 6.08. The number of aliphatic hydroxyl groups excluding tert-OH is 2. The van der Waals surface area contributed by atoms with Crippen molar-refractivity contribution in [2.75, 3.05) is 19.6 Å². The first kappa shape index (κ1) is 25.3. The lowest BCUT2D eigenvalue weighted by Gasteiger charge is -2.45. The van der Waals surface area contributed by atoms with E-state index in [0.29, 0.717) is 42.4 Å². The third-order valence-electron chi connectivity index (χ3n) is 9.46. The molecule has 5 heteroatoms. The molecule has 4 fully saturated rings. The van der Waals surface area contributed by atoms with E-state index in [9.17, 15) is 19.0 Å². The number of nitrogens with zero attached hydrogens (tertiary/aromatic N) is 1. The molecule has 3 saturated carbocycles. The molecule has 0 aromatic heterocycles. The smallest absolute Gasteiger partial charge is 0.238 e. The van der Waals surface area contributed by atoms with Gasteiger partial charge >= 0.3 is 0 Å². The first-order chi connectivity index (χ1) is 15.7. The molecule has 3 nitrogen and oxygen atoms in total. The van der Waals surface area contributed by atoms with E-state index >= 15 is 0 Å². The number of allylic oxidation sites excluding steroid dienone is 3. The van der Waals surface area contributed by atoms with Gasteiger partial charge in [0.05, 0.1) is 12.2 Å². The van der Waals surface area contributed by atoms with Gasteiger partial charge in [0.25, 0.3) is 0 Å². The van der Waals surface area contributed by atoms with Crippen molar-refractivity contribution in [2.45, 2.75) is 103 Å². The van der Waals surface area contributed by atoms with Gasteiger partial charge in [-0.1, -0.05) is 37.1 Å². The molecule has 0 unspecified atom stereocenters. The van der Waals surface area contributed by atoms with Crippen molar-refractivity contribution in [3.8, 4) is 0 Å². The Bertz CT molecular complexity index is 711. The highest BCUT2D eigenvalue weighted by atomic mass is 19.3. The molecule has 0 spiro atoms. The normalized spacial score (nSPS) is 40.3. The number of halogens is 2. The molecule has 7 atom stereocenters. The fourth-order valence-corrected chi connectivity index (χ4v) is 8.04. The van der Waals surface area contributed by atoms with Crippen LogP contribution in [0.15, 0.2) is 23.3 Å². The molecule has 188 valence electrons. The van der Waals surface area contributed by atoms with Gasteiger partial charge in [0, 0.05) is 19.5 Å². The zero-order chi connectivity index (χ0) is 23.6. The van der Waals surface area contributed by atoms with Crippen LogP contribution in [-0.2, 0) is 0 Å². The topological polar surface area (TPSA) is 43.7 Å². The van der Waals surface area contributed by atoms with Crippen LogP contribution in [0.2, 0.25) is 0 Å². The van der Waals surface area contributed by atoms with E-state index in [4.69, 9.17) is 0 Å². The Morgan fingerprint density at radius 1 is 1.09 bits per heavy atom. The van der Waals surface area contributed by atoms with Crippen LogP contribution in [-0.4, -0.2) is 53.4 Å². The van der Waals surface area contributed by atoms with E-state index in [-0.39, 0.29) is 12.3 Å². The number of fused-ring (bicyclic) bond motifs is 1. The second kappa shape index (κ2) is 10.9. The van der Waals surface area contributed by atoms with Crippen LogP contribution in [0.5, 0.6) is 0 Å². The molecule has 1 saturated heterocycles. The Morgan fingerprint density at radius 2 is 1.85 bits per heavy atom. The van der Waals surface area contributed by atoms with Crippen molar-refractivity contribution >= 4 is 0 Å². The summed E-state index contributed by atoms with van der Waals surface area (Å²) in [4.78, 5) is 2.47. The summed E-state index contributed by atoms with van der Waals surface area (Å²) < 4.78 is 25.8. The average molecular weight is 466 g/mol. The lowest BCUT2D eigenvalue weighted by molar-refractivity contribution is 0.0506. The summed E-state index contributed by atoms with van der Waals surface area (Å²) in [7, 11) is 0. The summed E-state index contributed by atoms with van der Waals surface area (Å²) in [5, 5.41) is 20.0. The van der Waals surface area contributed by atoms with E-state index in [2.05, 4.69) is 30.9 Å². The second-order valence-electron chi connectivity index (χ2n) is 12.0. The molecule has 1 aliphatic heterocycles. The number of hydrogen-bond donors (Lipinski definition) is 2. The third-order valence-corrected chi connectivity index (χ3v) is 9.46. The van der Waals surface area contributed by atoms with E-state index in [1.807, 2.05) is 0 Å². The zero-order valence-corrected chi connectivity index (χ0v) is 20.7. The monoisotopic (exact) mass is 465 g/mol. The molecule has 3 aliphatic carbocycles. The van der Waals surface area contributed by atoms with Crippen molar-refractivity contribution in [2.24, 2.45) is 29.1 Å². The summed E-state index contributed by atoms with van der Waals surface area (Å²) >= 11 is 0. The van der Waals surface area contributed by atoms with E-state index in [1.165, 1.54) is 31.3 Å². The van der Waals surface area contributed by atoms with Crippen LogP contribution in [0.3, 0.4) is 0 Å². The molecule has 0 aromatic carbocycles. The van der Waals surface area contributed by atoms with Gasteiger partial charge in [0.1, 0.15) is 0 Å². The molecular formula is C28H45F2NO2. The second-order valence-corrected chi connectivity index (χ2v) is 12.0. The molecule has 1 heterocycles. The maximum absolute atomic E-state index is 12.9. The Morgan fingerprint density at radius 3 is 2.58 bits per heavy atom. The highest BCUT2D eigenvalue weighted by molar-refractivity contribution is 5.26. The number of aliphatic hydroxyl groups is 2. The highest BCUT2D eigenvalue weighted by Crippen LogP contribution is 2.59. The van der Waals surface area contributed by atoms with Crippen molar-refractivity contribution in [1.29, 1.82) is 0 Å². The number of piperidine rings is 1. The first-order valence-corrected chi connectivity index (χ1v) is 13.5. The molecule has 0 bridgehead atoms. The minimum absolute atomic E-state index is 0.0613. The van der Waals surface area contributed by atoms with Gasteiger partial charge in [0.15, 0.2) is 0 Å². The predicted octanol–water partition coefficient (Wildman–Crippen LogP) is 5.96. The van der Waals surface area contributed by atoms with Crippen LogP contribution in [0.25, 0.3) is 0 Å². The molecule has 0 radical (unpaired) electrons. The Hall–Kier alpha value is -0.780. The molecule has 0 aromatic rings. The van der Waals surface area contributed by atoms with Crippen LogP contribution in [0, 0.1) is 29.1 Å². The molecular weight excluding hydrogens is 420 g/mol. The Kier molecular flexibility index (Phi) is 8.34. The molecule has 0 amide bonds. The van der Waals surface area contributed by atoms with Gasteiger partial charge in [-0.15, -0.1) is 0 Å². The van der Waals surface area contributed by atoms with Gasteiger partial charge in [0.2, 0.25) is 6.43 Å². The summed E-state index contributed by atoms with van der Waals surface area (Å²) in [5.74, 6) is 2.06. The largest absolute Gasteiger partial charge is 0.393 e. The van der Waals surface area contributed by atoms with Gasteiger partial charge in [-0.05, 0) is 99.8 Å². The maximum Gasteiger partial charge on any atom is 0.238 e. The van der Waals surface area contributed by atoms with E-state index < -0.39 is 18.6 Å². The lowest BCUT2D eigenvalue weighted by atomic mass is 9.61. The number of alkyl halides is 2. The number of hydrogen-bond acceptors (Lipinski definition) is 3. The standard InChI is InChI=1S/C28H45F2NO2/c1-19(17-31-12-4-5-21(18-31)15-27(29)30)25-9-10-26-22(6-3-11-28(25,26)2)8-7-20-13-23(32)16-24(33)14-20/h7-8,19,21,23-27,32-33H,3-6,9-18H2,1-2H3/b22-8+/t19-,21-,23-,24-,25-,26+,28-/m1/s1. The van der Waals surface area contributed by atoms with Crippen LogP contribution >= 0.6 is 0 Å². The minimum atomic E-state index is -2.18. The molecule has 33 heavy (non-hydrogen) atoms. The predicted molar refractivity (Wildman–Crippen MR) is 129 cm³/mol. The average Bonchev–Trinajstić information content (AvgIpc) is 3.09. The van der Waals surface area contributed by atoms with Crippen molar-refractivity contribution < 1.29 is 19.0 Å². The molecule has 4 rings (SSSR count). The summed E-state index contributed by atoms with van der Waals surface area (Å²) in [6.45, 7) is 7.87. The summed E-state index contributed by atoms with van der Waals surface area (Å²) in [6, 6.07) is 0. The first-order valence-electron chi connectivity index (χ1n) is 13.5. The fourth-order valence-electron chi connectivity index (χ4n) is 8.04. The van der Waals surface area contributed by atoms with Gasteiger partial charge in [-0.25, -0.2) is 8.78 Å². The zero-order valence-electron chi connectivity index (χ0n) is 20.7. The maximum atomic E-state index is 12.9. The summed E-state index contributed by atoms with van der Waals surface area (Å²) in [6.07, 6.45) is 11.6. The minimum Gasteiger partial charge on any atom is -0.393 e. The number of likely N-dealkylation sites (tertiary alicyclic amines) is 1. The summed E-state index contributed by atoms with van der Waals surface area (Å²) in [5.41, 5.74) is 3.06. The highest BCUT2D eigenvalue weighted by Gasteiger charge is 2.50. The van der Waals surface area contributed by atoms with Crippen LogP contribution in [0.4, 0.5) is 8.78 Å². The lowest BCUT2D eigenvalue weighted by Crippen LogP contribution is -2.43. The molecule has 2 N–H and O–H groups in total. The van der Waals surface area contributed by atoms with Gasteiger partial charge < -0.3 is 15.1 Å². The fraction of sp³-hybridized carbons (Fsp3) is 0.857. The van der Waals surface area contributed by atoms with E-state index in [1.54, 1.807) is 5.57 Å². The van der Waals surface area contributed by atoms with Crippen molar-refractivity contribution in [1.82, 2.24) is 4.90 Å². The SMILES string of the molecule is C[C@H](CN1CCC[C@H](CC(F)F)C1)[C@H]1CC[C@H]2/C(=C/C=C3C[C@@H](O)C[C@H](O)C3)CCC[C@]12C. The van der Waals surface area contributed by atoms with Gasteiger partial charge in [-0.3, -0.25) is 0 Å². The van der Waals surface area contributed by atoms with Crippen molar-refractivity contribution in [3.63, 3.8) is 0 Å². The quantitative estimate of drug-likeness (QED) is 0.508. The Labute approximate surface area is 199 Å². The van der Waals surface area contributed by atoms with Crippen LogP contribution < -0.4 is 0 Å². The Balaban J connectivity index is 1.40. The molecule has 4 aliphatic rings. The van der Waals surface area contributed by atoms with Crippen molar-refractivity contribution in [3.05, 3.63) is 23.3 Å². The number of rotatable bonds is 6.